The number of hydrogen-bond acceptors (Lipinski definition) is 7. The molecule has 1 N–H and O–H groups in total. The number of carbonyl (C=O) groups excluding carboxylic acids is 1. The fourth-order valence-electron chi connectivity index (χ4n) is 3.22. The van der Waals surface area contributed by atoms with E-state index in [1.807, 2.05) is 13.0 Å². The lowest BCUT2D eigenvalue weighted by Gasteiger charge is -2.16. The van der Waals surface area contributed by atoms with Gasteiger partial charge in [0.15, 0.2) is 15.0 Å². The van der Waals surface area contributed by atoms with Crippen LogP contribution in [0.5, 0.6) is 0 Å². The summed E-state index contributed by atoms with van der Waals surface area (Å²) in [6.07, 6.45) is 3.48. The summed E-state index contributed by atoms with van der Waals surface area (Å²) in [5, 5.41) is 14.0. The van der Waals surface area contributed by atoms with E-state index in [-0.39, 0.29) is 28.7 Å². The molecule has 1 saturated carbocycles. The van der Waals surface area contributed by atoms with Crippen LogP contribution in [-0.4, -0.2) is 51.9 Å². The highest BCUT2D eigenvalue weighted by molar-refractivity contribution is 8.00. The second kappa shape index (κ2) is 7.56. The zero-order chi connectivity index (χ0) is 19.0. The number of sulfone groups is 1. The summed E-state index contributed by atoms with van der Waals surface area (Å²) in [4.78, 5) is 13.7. The Balaban J connectivity index is 1.42. The molecule has 2 aromatic rings. The Morgan fingerprint density at radius 2 is 2.22 bits per heavy atom. The van der Waals surface area contributed by atoms with Crippen LogP contribution in [0.1, 0.15) is 42.9 Å². The molecule has 2 aromatic heterocycles. The molecule has 0 bridgehead atoms. The van der Waals surface area contributed by atoms with Crippen molar-refractivity contribution in [2.45, 2.75) is 55.1 Å². The molecule has 3 heterocycles. The molecule has 1 amide bonds. The van der Waals surface area contributed by atoms with Crippen LogP contribution in [0, 0.1) is 0 Å². The Morgan fingerprint density at radius 3 is 2.85 bits per heavy atom. The van der Waals surface area contributed by atoms with Crippen LogP contribution in [0.15, 0.2) is 22.7 Å². The van der Waals surface area contributed by atoms with Gasteiger partial charge < -0.3 is 9.88 Å². The summed E-state index contributed by atoms with van der Waals surface area (Å²) < 4.78 is 25.3. The first-order chi connectivity index (χ1) is 12.9. The van der Waals surface area contributed by atoms with E-state index in [2.05, 4.69) is 31.5 Å². The fraction of sp³-hybridized carbons (Fsp3) is 0.588. The molecule has 1 saturated heterocycles. The normalized spacial score (nSPS) is 22.6. The lowest BCUT2D eigenvalue weighted by molar-refractivity contribution is -0.120. The number of thioether (sulfide) groups is 1. The fourth-order valence-corrected chi connectivity index (χ4v) is 6.54. The predicted molar refractivity (Wildman–Crippen MR) is 106 cm³/mol. The Hall–Kier alpha value is -1.39. The van der Waals surface area contributed by atoms with Gasteiger partial charge in [-0.05, 0) is 37.6 Å². The third kappa shape index (κ3) is 4.55. The van der Waals surface area contributed by atoms with E-state index in [9.17, 15) is 13.2 Å². The summed E-state index contributed by atoms with van der Waals surface area (Å²) in [6, 6.07) is 4.27. The monoisotopic (exact) mass is 426 g/mol. The first-order valence-electron chi connectivity index (χ1n) is 9.05. The number of aromatic nitrogens is 3. The van der Waals surface area contributed by atoms with Crippen molar-refractivity contribution in [3.05, 3.63) is 28.2 Å². The smallest absolute Gasteiger partial charge is 0.233 e. The predicted octanol–water partition coefficient (Wildman–Crippen LogP) is 2.05. The maximum Gasteiger partial charge on any atom is 0.233 e. The van der Waals surface area contributed by atoms with Crippen LogP contribution in [0.25, 0.3) is 0 Å². The van der Waals surface area contributed by atoms with Crippen molar-refractivity contribution < 1.29 is 13.2 Å². The van der Waals surface area contributed by atoms with Gasteiger partial charge >= 0.3 is 0 Å². The van der Waals surface area contributed by atoms with Gasteiger partial charge in [-0.2, -0.15) is 0 Å². The molecular weight excluding hydrogens is 404 g/mol. The second-order valence-electron chi connectivity index (χ2n) is 7.12. The van der Waals surface area contributed by atoms with Gasteiger partial charge in [0.05, 0.1) is 16.8 Å². The van der Waals surface area contributed by atoms with Crippen molar-refractivity contribution in [2.75, 3.05) is 11.5 Å². The number of carbonyl (C=O) groups is 1. The van der Waals surface area contributed by atoms with Gasteiger partial charge in [-0.15, -0.1) is 21.5 Å². The molecule has 0 unspecified atom stereocenters. The van der Waals surface area contributed by atoms with E-state index in [0.717, 1.165) is 30.2 Å². The average molecular weight is 427 g/mol. The highest BCUT2D eigenvalue weighted by Crippen LogP contribution is 2.40. The van der Waals surface area contributed by atoms with Gasteiger partial charge in [0.2, 0.25) is 5.91 Å². The Morgan fingerprint density at radius 1 is 1.41 bits per heavy atom. The maximum absolute atomic E-state index is 12.5. The van der Waals surface area contributed by atoms with Crippen molar-refractivity contribution in [3.8, 4) is 0 Å². The van der Waals surface area contributed by atoms with Crippen molar-refractivity contribution in [3.63, 3.8) is 0 Å². The standard InChI is InChI=1S/C17H22N4O3S3/c1-11(16(22)18-12-6-8-27(23,24)10-12)26-17-20-19-15(21(17)13-4-5-13)9-14-3-2-7-25-14/h2-3,7,11-13H,4-6,8-10H2,1H3,(H,18,22)/t11-,12+/m0/s1. The van der Waals surface area contributed by atoms with Crippen LogP contribution in [0.4, 0.5) is 0 Å². The van der Waals surface area contributed by atoms with Gasteiger partial charge in [0, 0.05) is 23.4 Å². The van der Waals surface area contributed by atoms with E-state index < -0.39 is 9.84 Å². The Bertz CT molecular complexity index is 919. The van der Waals surface area contributed by atoms with Gasteiger partial charge in [-0.25, -0.2) is 8.42 Å². The van der Waals surface area contributed by atoms with Crippen LogP contribution in [-0.2, 0) is 21.1 Å². The summed E-state index contributed by atoms with van der Waals surface area (Å²) in [5.41, 5.74) is 0. The van der Waals surface area contributed by atoms with Gasteiger partial charge in [-0.3, -0.25) is 4.79 Å². The van der Waals surface area contributed by atoms with Crippen LogP contribution < -0.4 is 5.32 Å². The molecule has 7 nitrogen and oxygen atoms in total. The summed E-state index contributed by atoms with van der Waals surface area (Å²) in [6.45, 7) is 1.83. The highest BCUT2D eigenvalue weighted by Gasteiger charge is 2.33. The van der Waals surface area contributed by atoms with Gasteiger partial charge in [-0.1, -0.05) is 17.8 Å². The Labute approximate surface area is 166 Å². The quantitative estimate of drug-likeness (QED) is 0.681. The summed E-state index contributed by atoms with van der Waals surface area (Å²) in [5.74, 6) is 0.991. The van der Waals surface area contributed by atoms with Crippen LogP contribution in [0.3, 0.4) is 0 Å². The Kier molecular flexibility index (Phi) is 5.30. The molecule has 0 spiro atoms. The number of nitrogens with one attached hydrogen (secondary N) is 1. The summed E-state index contributed by atoms with van der Waals surface area (Å²) in [7, 11) is -3.00. The van der Waals surface area contributed by atoms with E-state index >= 15 is 0 Å². The van der Waals surface area contributed by atoms with E-state index in [1.165, 1.54) is 16.6 Å². The lowest BCUT2D eigenvalue weighted by atomic mass is 10.2. The maximum atomic E-state index is 12.5. The largest absolute Gasteiger partial charge is 0.351 e. The number of hydrogen-bond donors (Lipinski definition) is 1. The second-order valence-corrected chi connectivity index (χ2v) is 11.7. The van der Waals surface area contributed by atoms with Crippen molar-refractivity contribution in [2.24, 2.45) is 0 Å². The highest BCUT2D eigenvalue weighted by atomic mass is 32.2. The van der Waals surface area contributed by atoms with Gasteiger partial charge in [0.25, 0.3) is 0 Å². The number of rotatable bonds is 7. The van der Waals surface area contributed by atoms with E-state index in [1.54, 1.807) is 11.3 Å². The number of amides is 1. The molecule has 2 aliphatic rings. The van der Waals surface area contributed by atoms with E-state index in [0.29, 0.717) is 12.5 Å². The molecule has 27 heavy (non-hydrogen) atoms. The molecule has 0 aromatic carbocycles. The minimum atomic E-state index is -3.00. The molecule has 2 fully saturated rings. The minimum absolute atomic E-state index is 0.0410. The third-order valence-electron chi connectivity index (χ3n) is 4.79. The first kappa shape index (κ1) is 18.9. The van der Waals surface area contributed by atoms with Crippen molar-refractivity contribution in [1.82, 2.24) is 20.1 Å². The molecule has 1 aliphatic carbocycles. The average Bonchev–Trinajstić information content (AvgIpc) is 3.00. The van der Waals surface area contributed by atoms with Crippen LogP contribution >= 0.6 is 23.1 Å². The number of nitrogens with zero attached hydrogens (tertiary/aromatic N) is 3. The SMILES string of the molecule is C[C@H](Sc1nnc(Cc2cccs2)n1C1CC1)C(=O)N[C@@H]1CCS(=O)(=O)C1. The summed E-state index contributed by atoms with van der Waals surface area (Å²) >= 11 is 3.10. The molecule has 2 atom stereocenters. The molecule has 4 rings (SSSR count). The molecule has 0 radical (unpaired) electrons. The minimum Gasteiger partial charge on any atom is -0.351 e. The molecular formula is C17H22N4O3S3. The molecule has 146 valence electrons. The van der Waals surface area contributed by atoms with Gasteiger partial charge in [0.1, 0.15) is 5.82 Å². The van der Waals surface area contributed by atoms with Crippen LogP contribution in [0.2, 0.25) is 0 Å². The van der Waals surface area contributed by atoms with Crippen molar-refractivity contribution in [1.29, 1.82) is 0 Å². The zero-order valence-corrected chi connectivity index (χ0v) is 17.4. The van der Waals surface area contributed by atoms with E-state index in [4.69, 9.17) is 0 Å². The zero-order valence-electron chi connectivity index (χ0n) is 15.0. The molecule has 10 heteroatoms. The number of thiophene rings is 1. The topological polar surface area (TPSA) is 93.9 Å². The van der Waals surface area contributed by atoms with Crippen molar-refractivity contribution >= 4 is 38.8 Å². The first-order valence-corrected chi connectivity index (χ1v) is 12.6. The lowest BCUT2D eigenvalue weighted by Crippen LogP contribution is -2.40. The molecule has 1 aliphatic heterocycles. The third-order valence-corrected chi connectivity index (χ3v) is 8.49.